The van der Waals surface area contributed by atoms with E-state index < -0.39 is 5.97 Å². The molecule has 0 saturated heterocycles. The van der Waals surface area contributed by atoms with Gasteiger partial charge in [0.05, 0.1) is 4.86 Å². The van der Waals surface area contributed by atoms with Gasteiger partial charge in [-0.15, -0.1) is 6.58 Å². The van der Waals surface area contributed by atoms with E-state index in [0.717, 1.165) is 5.70 Å². The molecule has 0 aliphatic heterocycles. The molecule has 0 fully saturated rings. The monoisotopic (exact) mass is 249 g/mol. The van der Waals surface area contributed by atoms with E-state index in [9.17, 15) is 4.79 Å². The summed E-state index contributed by atoms with van der Waals surface area (Å²) in [5, 5.41) is 2.99. The Labute approximate surface area is 107 Å². The molecular weight excluding hydrogens is 234 g/mol. The third-order valence-electron chi connectivity index (χ3n) is 2.03. The molecule has 0 atom stereocenters. The highest BCUT2D eigenvalue weighted by Gasteiger charge is 2.11. The number of esters is 1. The van der Waals surface area contributed by atoms with E-state index in [-0.39, 0.29) is 0 Å². The molecule has 0 bridgehead atoms. The summed E-state index contributed by atoms with van der Waals surface area (Å²) in [6.45, 7) is 5.98. The van der Waals surface area contributed by atoms with E-state index in [1.807, 2.05) is 12.2 Å². The highest BCUT2D eigenvalue weighted by atomic mass is 32.1. The maximum atomic E-state index is 11.5. The Hall–Kier alpha value is -1.68. The normalized spacial score (nSPS) is 15.2. The van der Waals surface area contributed by atoms with E-state index in [2.05, 4.69) is 11.9 Å². The van der Waals surface area contributed by atoms with Crippen LogP contribution in [0.1, 0.15) is 13.3 Å². The zero-order valence-corrected chi connectivity index (χ0v) is 10.5. The molecule has 0 aromatic heterocycles. The van der Waals surface area contributed by atoms with Crippen LogP contribution < -0.4 is 5.32 Å². The molecule has 3 nitrogen and oxygen atoms in total. The molecule has 1 N–H and O–H groups in total. The molecule has 1 rings (SSSR count). The van der Waals surface area contributed by atoms with Crippen LogP contribution >= 0.6 is 12.2 Å². The van der Waals surface area contributed by atoms with Crippen LogP contribution in [0.4, 0.5) is 0 Å². The van der Waals surface area contributed by atoms with Gasteiger partial charge in [-0.05, 0) is 13.0 Å². The first-order valence-electron chi connectivity index (χ1n) is 5.28. The van der Waals surface area contributed by atoms with E-state index in [1.165, 1.54) is 6.08 Å². The molecule has 17 heavy (non-hydrogen) atoms. The van der Waals surface area contributed by atoms with Gasteiger partial charge >= 0.3 is 5.97 Å². The number of carbonyl (C=O) groups excluding carboxylic acids is 1. The average molecular weight is 249 g/mol. The minimum Gasteiger partial charge on any atom is -0.422 e. The molecule has 0 heterocycles. The van der Waals surface area contributed by atoms with Crippen molar-refractivity contribution in [2.75, 3.05) is 6.54 Å². The Bertz CT molecular complexity index is 419. The highest BCUT2D eigenvalue weighted by molar-refractivity contribution is 7.80. The molecule has 1 aliphatic carbocycles. The summed E-state index contributed by atoms with van der Waals surface area (Å²) in [7, 11) is 0. The molecule has 0 aromatic rings. The van der Waals surface area contributed by atoms with Crippen LogP contribution in [0.25, 0.3) is 0 Å². The lowest BCUT2D eigenvalue weighted by atomic mass is 10.1. The molecule has 90 valence electrons. The summed E-state index contributed by atoms with van der Waals surface area (Å²) in [4.78, 5) is 12.2. The van der Waals surface area contributed by atoms with Gasteiger partial charge in [0.2, 0.25) is 0 Å². The van der Waals surface area contributed by atoms with Crippen LogP contribution in [0.15, 0.2) is 48.4 Å². The molecule has 0 aromatic carbocycles. The maximum absolute atomic E-state index is 11.5. The Kier molecular flexibility index (Phi) is 5.36. The Morgan fingerprint density at radius 1 is 1.71 bits per heavy atom. The summed E-state index contributed by atoms with van der Waals surface area (Å²) in [5.74, 6) is 0.0308. The molecule has 0 unspecified atom stereocenters. The summed E-state index contributed by atoms with van der Waals surface area (Å²) < 4.78 is 5.14. The first kappa shape index (κ1) is 13.4. The van der Waals surface area contributed by atoms with Crippen molar-refractivity contribution in [3.05, 3.63) is 48.4 Å². The quantitative estimate of drug-likeness (QED) is 0.351. The molecule has 0 amide bonds. The molecule has 1 aliphatic rings. The van der Waals surface area contributed by atoms with Gasteiger partial charge in [0, 0.05) is 24.7 Å². The average Bonchev–Trinajstić information content (AvgIpc) is 2.29. The zero-order valence-electron chi connectivity index (χ0n) is 9.73. The maximum Gasteiger partial charge on any atom is 0.337 e. The minimum absolute atomic E-state index is 0.428. The van der Waals surface area contributed by atoms with Crippen molar-refractivity contribution in [1.29, 1.82) is 0 Å². The minimum atomic E-state index is -0.428. The van der Waals surface area contributed by atoms with Gasteiger partial charge in [0.15, 0.2) is 0 Å². The first-order valence-corrected chi connectivity index (χ1v) is 5.69. The fourth-order valence-corrected chi connectivity index (χ4v) is 1.42. The van der Waals surface area contributed by atoms with Gasteiger partial charge in [-0.2, -0.15) is 0 Å². The van der Waals surface area contributed by atoms with Crippen molar-refractivity contribution in [2.45, 2.75) is 13.3 Å². The number of ether oxygens (including phenoxy) is 1. The van der Waals surface area contributed by atoms with E-state index in [4.69, 9.17) is 17.0 Å². The topological polar surface area (TPSA) is 38.3 Å². The second kappa shape index (κ2) is 6.81. The van der Waals surface area contributed by atoms with E-state index >= 15 is 0 Å². The zero-order chi connectivity index (χ0) is 12.7. The number of allylic oxidation sites excluding steroid dienone is 5. The lowest BCUT2D eigenvalue weighted by Crippen LogP contribution is -2.14. The van der Waals surface area contributed by atoms with Crippen molar-refractivity contribution >= 4 is 23.1 Å². The SMILES string of the molecule is C=CCN/C(C)=C\C(=O)OC1=CC=CCC1=S. The van der Waals surface area contributed by atoms with Crippen LogP contribution in [0.5, 0.6) is 0 Å². The summed E-state index contributed by atoms with van der Waals surface area (Å²) in [6, 6.07) is 0. The third kappa shape index (κ3) is 4.78. The molecule has 4 heteroatoms. The first-order chi connectivity index (χ1) is 8.13. The van der Waals surface area contributed by atoms with Crippen LogP contribution in [0, 0.1) is 0 Å². The smallest absolute Gasteiger partial charge is 0.337 e. The lowest BCUT2D eigenvalue weighted by Gasteiger charge is -2.10. The number of thiocarbonyl (C=S) groups is 1. The largest absolute Gasteiger partial charge is 0.422 e. The molecule has 0 saturated carbocycles. The molecule has 0 radical (unpaired) electrons. The highest BCUT2D eigenvalue weighted by Crippen LogP contribution is 2.11. The Morgan fingerprint density at radius 2 is 2.47 bits per heavy atom. The van der Waals surface area contributed by atoms with Crippen LogP contribution in [-0.2, 0) is 9.53 Å². The summed E-state index contributed by atoms with van der Waals surface area (Å²) in [6.07, 6.45) is 9.20. The van der Waals surface area contributed by atoms with Crippen molar-refractivity contribution in [2.24, 2.45) is 0 Å². The van der Waals surface area contributed by atoms with Crippen molar-refractivity contribution in [3.63, 3.8) is 0 Å². The fourth-order valence-electron chi connectivity index (χ4n) is 1.21. The second-order valence-corrected chi connectivity index (χ2v) is 4.00. The van der Waals surface area contributed by atoms with Gasteiger partial charge in [0.1, 0.15) is 5.76 Å². The standard InChI is InChI=1S/C13H15NO2S/c1-3-8-14-10(2)9-13(15)16-11-6-4-5-7-12(11)17/h3-6,9,14H,1,7-8H2,2H3/b10-9-. The van der Waals surface area contributed by atoms with Crippen LogP contribution in [0.2, 0.25) is 0 Å². The van der Waals surface area contributed by atoms with Crippen molar-refractivity contribution in [3.8, 4) is 0 Å². The van der Waals surface area contributed by atoms with Crippen molar-refractivity contribution in [1.82, 2.24) is 5.32 Å². The Balaban J connectivity index is 2.54. The Morgan fingerprint density at radius 3 is 3.12 bits per heavy atom. The number of rotatable bonds is 5. The second-order valence-electron chi connectivity index (χ2n) is 3.50. The fraction of sp³-hybridized carbons (Fsp3) is 0.231. The van der Waals surface area contributed by atoms with Gasteiger partial charge in [-0.1, -0.05) is 30.4 Å². The lowest BCUT2D eigenvalue weighted by molar-refractivity contribution is -0.133. The number of hydrogen-bond acceptors (Lipinski definition) is 4. The molecule has 0 spiro atoms. The summed E-state index contributed by atoms with van der Waals surface area (Å²) >= 11 is 5.08. The van der Waals surface area contributed by atoms with Crippen LogP contribution in [-0.4, -0.2) is 17.4 Å². The summed E-state index contributed by atoms with van der Waals surface area (Å²) in [5.41, 5.74) is 0.729. The van der Waals surface area contributed by atoms with Crippen LogP contribution in [0.3, 0.4) is 0 Å². The predicted octanol–water partition coefficient (Wildman–Crippen LogP) is 2.42. The van der Waals surface area contributed by atoms with E-state index in [0.29, 0.717) is 23.6 Å². The van der Waals surface area contributed by atoms with Gasteiger partial charge < -0.3 is 10.1 Å². The van der Waals surface area contributed by atoms with E-state index in [1.54, 1.807) is 19.1 Å². The third-order valence-corrected chi connectivity index (χ3v) is 2.40. The van der Waals surface area contributed by atoms with Gasteiger partial charge in [-0.25, -0.2) is 4.79 Å². The van der Waals surface area contributed by atoms with Gasteiger partial charge in [0.25, 0.3) is 0 Å². The predicted molar refractivity (Wildman–Crippen MR) is 72.5 cm³/mol. The number of nitrogens with one attached hydrogen (secondary N) is 1. The number of hydrogen-bond donors (Lipinski definition) is 1. The molecular formula is C13H15NO2S. The van der Waals surface area contributed by atoms with Crippen molar-refractivity contribution < 1.29 is 9.53 Å². The van der Waals surface area contributed by atoms with Gasteiger partial charge in [-0.3, -0.25) is 0 Å². The number of carbonyl (C=O) groups is 1.